The molecule has 0 bridgehead atoms. The second-order valence-corrected chi connectivity index (χ2v) is 10.1. The number of carbonyl (C=O) groups excluding carboxylic acids is 1. The summed E-state index contributed by atoms with van der Waals surface area (Å²) in [6, 6.07) is 8.31. The smallest absolute Gasteiger partial charge is 0.233 e. The molecule has 2 aromatic carbocycles. The average Bonchev–Trinajstić information content (AvgIpc) is 3.26. The van der Waals surface area contributed by atoms with Crippen LogP contribution in [0.1, 0.15) is 34.2 Å². The van der Waals surface area contributed by atoms with E-state index >= 15 is 0 Å². The summed E-state index contributed by atoms with van der Waals surface area (Å²) in [7, 11) is 1.66. The third-order valence-corrected chi connectivity index (χ3v) is 7.79. The van der Waals surface area contributed by atoms with Crippen molar-refractivity contribution in [2.75, 3.05) is 51.4 Å². The van der Waals surface area contributed by atoms with Crippen molar-refractivity contribution in [1.29, 1.82) is 0 Å². The fourth-order valence-corrected chi connectivity index (χ4v) is 5.81. The number of hydrogen-bond donors (Lipinski definition) is 0. The zero-order valence-corrected chi connectivity index (χ0v) is 21.8. The molecule has 6 nitrogen and oxygen atoms in total. The van der Waals surface area contributed by atoms with Crippen LogP contribution < -0.4 is 9.64 Å². The zero-order valence-electron chi connectivity index (χ0n) is 20.9. The first kappa shape index (κ1) is 24.6. The number of aromatic nitrogens is 1. The van der Waals surface area contributed by atoms with Gasteiger partial charge in [0.1, 0.15) is 11.3 Å². The van der Waals surface area contributed by atoms with Gasteiger partial charge in [0.05, 0.1) is 31.4 Å². The SMILES string of the molecule is COc1ccc(C)c2sc(N(CCCN3CCOCC3)C(=O)Cc3c(C)cc(C)cc3C)nc12. The van der Waals surface area contributed by atoms with Gasteiger partial charge in [-0.15, -0.1) is 0 Å². The summed E-state index contributed by atoms with van der Waals surface area (Å²) in [5, 5.41) is 0.747. The minimum Gasteiger partial charge on any atom is -0.494 e. The van der Waals surface area contributed by atoms with E-state index in [1.165, 1.54) is 16.7 Å². The van der Waals surface area contributed by atoms with Gasteiger partial charge < -0.3 is 9.47 Å². The summed E-state index contributed by atoms with van der Waals surface area (Å²) in [6.07, 6.45) is 1.27. The Kier molecular flexibility index (Phi) is 7.86. The Morgan fingerprint density at radius 2 is 1.82 bits per heavy atom. The lowest BCUT2D eigenvalue weighted by Crippen LogP contribution is -2.39. The molecule has 0 unspecified atom stereocenters. The zero-order chi connectivity index (χ0) is 24.2. The molecule has 0 radical (unpaired) electrons. The van der Waals surface area contributed by atoms with E-state index in [-0.39, 0.29) is 5.91 Å². The number of rotatable bonds is 8. The molecule has 1 aliphatic heterocycles. The lowest BCUT2D eigenvalue weighted by molar-refractivity contribution is -0.118. The molecule has 0 saturated carbocycles. The van der Waals surface area contributed by atoms with Crippen molar-refractivity contribution in [3.63, 3.8) is 0 Å². The average molecular weight is 482 g/mol. The monoisotopic (exact) mass is 481 g/mol. The molecule has 0 aliphatic carbocycles. The highest BCUT2D eigenvalue weighted by Gasteiger charge is 2.23. The predicted octanol–water partition coefficient (Wildman–Crippen LogP) is 4.84. The number of morpholine rings is 1. The number of aryl methyl sites for hydroxylation is 4. The molecule has 0 N–H and O–H groups in total. The van der Waals surface area contributed by atoms with Gasteiger partial charge in [0.25, 0.3) is 0 Å². The van der Waals surface area contributed by atoms with E-state index in [0.29, 0.717) is 13.0 Å². The van der Waals surface area contributed by atoms with E-state index in [1.807, 2.05) is 17.0 Å². The molecule has 4 rings (SSSR count). The highest BCUT2D eigenvalue weighted by Crippen LogP contribution is 2.36. The molecule has 1 amide bonds. The van der Waals surface area contributed by atoms with Crippen molar-refractivity contribution >= 4 is 32.6 Å². The summed E-state index contributed by atoms with van der Waals surface area (Å²) in [5.74, 6) is 0.835. The molecule has 1 aromatic heterocycles. The van der Waals surface area contributed by atoms with Gasteiger partial charge in [0.15, 0.2) is 5.13 Å². The molecular formula is C27H35N3O3S. The normalized spacial score (nSPS) is 14.5. The van der Waals surface area contributed by atoms with Gasteiger partial charge in [-0.1, -0.05) is 35.1 Å². The number of amides is 1. The Hall–Kier alpha value is -2.48. The van der Waals surface area contributed by atoms with E-state index in [1.54, 1.807) is 18.4 Å². The number of nitrogens with zero attached hydrogens (tertiary/aromatic N) is 3. The van der Waals surface area contributed by atoms with Crippen LogP contribution in [0.4, 0.5) is 5.13 Å². The van der Waals surface area contributed by atoms with Crippen LogP contribution in [0.2, 0.25) is 0 Å². The number of thiazole rings is 1. The van der Waals surface area contributed by atoms with Crippen molar-refractivity contribution in [3.8, 4) is 5.75 Å². The Bertz CT molecular complexity index is 1140. The summed E-state index contributed by atoms with van der Waals surface area (Å²) < 4.78 is 12.1. The van der Waals surface area contributed by atoms with Gasteiger partial charge in [0.2, 0.25) is 5.91 Å². The first-order valence-electron chi connectivity index (χ1n) is 12.0. The number of fused-ring (bicyclic) bond motifs is 1. The predicted molar refractivity (Wildman–Crippen MR) is 139 cm³/mol. The number of ether oxygens (including phenoxy) is 2. The molecular weight excluding hydrogens is 446 g/mol. The van der Waals surface area contributed by atoms with Crippen molar-refractivity contribution in [2.45, 2.75) is 40.5 Å². The summed E-state index contributed by atoms with van der Waals surface area (Å²) in [6.45, 7) is 13.4. The topological polar surface area (TPSA) is 54.9 Å². The summed E-state index contributed by atoms with van der Waals surface area (Å²) in [5.41, 5.74) is 6.65. The maximum Gasteiger partial charge on any atom is 0.233 e. The van der Waals surface area contributed by atoms with E-state index < -0.39 is 0 Å². The number of carbonyl (C=O) groups is 1. The van der Waals surface area contributed by atoms with Gasteiger partial charge in [-0.2, -0.15) is 0 Å². The second-order valence-electron chi connectivity index (χ2n) is 9.17. The first-order valence-corrected chi connectivity index (χ1v) is 12.8. The fourth-order valence-electron chi connectivity index (χ4n) is 4.72. The quantitative estimate of drug-likeness (QED) is 0.461. The molecule has 1 fully saturated rings. The molecule has 182 valence electrons. The van der Waals surface area contributed by atoms with Crippen LogP contribution in [0.3, 0.4) is 0 Å². The van der Waals surface area contributed by atoms with Crippen LogP contribution in [0, 0.1) is 27.7 Å². The van der Waals surface area contributed by atoms with Gasteiger partial charge in [0, 0.05) is 26.2 Å². The molecule has 3 aromatic rings. The van der Waals surface area contributed by atoms with Crippen molar-refractivity contribution in [2.24, 2.45) is 0 Å². The van der Waals surface area contributed by atoms with Crippen molar-refractivity contribution < 1.29 is 14.3 Å². The highest BCUT2D eigenvalue weighted by atomic mass is 32.1. The Labute approximate surface area is 206 Å². The minimum atomic E-state index is 0.0905. The molecule has 1 saturated heterocycles. The highest BCUT2D eigenvalue weighted by molar-refractivity contribution is 7.22. The number of hydrogen-bond acceptors (Lipinski definition) is 6. The largest absolute Gasteiger partial charge is 0.494 e. The van der Waals surface area contributed by atoms with Crippen LogP contribution in [-0.4, -0.2) is 62.3 Å². The lowest BCUT2D eigenvalue weighted by atomic mass is 9.97. The maximum atomic E-state index is 13.7. The van der Waals surface area contributed by atoms with Crippen LogP contribution in [0.5, 0.6) is 5.75 Å². The molecule has 34 heavy (non-hydrogen) atoms. The van der Waals surface area contributed by atoms with E-state index in [0.717, 1.165) is 71.5 Å². The fraction of sp³-hybridized carbons (Fsp3) is 0.481. The van der Waals surface area contributed by atoms with E-state index in [4.69, 9.17) is 14.5 Å². The maximum absolute atomic E-state index is 13.7. The summed E-state index contributed by atoms with van der Waals surface area (Å²) in [4.78, 5) is 22.9. The number of benzene rings is 2. The van der Waals surface area contributed by atoms with Gasteiger partial charge in [-0.3, -0.25) is 14.6 Å². The number of methoxy groups -OCH3 is 1. The van der Waals surface area contributed by atoms with Crippen LogP contribution >= 0.6 is 11.3 Å². The van der Waals surface area contributed by atoms with Gasteiger partial charge in [-0.25, -0.2) is 4.98 Å². The summed E-state index contributed by atoms with van der Waals surface area (Å²) >= 11 is 1.58. The third kappa shape index (κ3) is 5.43. The Morgan fingerprint density at radius 3 is 2.50 bits per heavy atom. The van der Waals surface area contributed by atoms with E-state index in [2.05, 4.69) is 44.7 Å². The van der Waals surface area contributed by atoms with Crippen LogP contribution in [0.25, 0.3) is 10.2 Å². The van der Waals surface area contributed by atoms with Crippen LogP contribution in [0.15, 0.2) is 24.3 Å². The van der Waals surface area contributed by atoms with E-state index in [9.17, 15) is 4.79 Å². The lowest BCUT2D eigenvalue weighted by Gasteiger charge is -2.28. The molecule has 1 aliphatic rings. The Morgan fingerprint density at radius 1 is 1.12 bits per heavy atom. The molecule has 0 spiro atoms. The van der Waals surface area contributed by atoms with Crippen molar-refractivity contribution in [3.05, 3.63) is 52.1 Å². The minimum absolute atomic E-state index is 0.0905. The van der Waals surface area contributed by atoms with Crippen LogP contribution in [-0.2, 0) is 16.0 Å². The number of anilines is 1. The van der Waals surface area contributed by atoms with Crippen molar-refractivity contribution in [1.82, 2.24) is 9.88 Å². The third-order valence-electron chi connectivity index (χ3n) is 6.57. The molecule has 2 heterocycles. The van der Waals surface area contributed by atoms with Gasteiger partial charge >= 0.3 is 0 Å². The second kappa shape index (κ2) is 10.8. The van der Waals surface area contributed by atoms with Gasteiger partial charge in [-0.05, 0) is 62.4 Å². The molecule has 7 heteroatoms. The Balaban J connectivity index is 1.62. The standard InChI is InChI=1S/C27H35N3O3S/c1-18-15-20(3)22(21(4)16-18)17-24(31)30(10-6-9-29-11-13-33-14-12-29)27-28-25-23(32-5)8-7-19(2)26(25)34-27/h7-8,15-16H,6,9-14,17H2,1-5H3. The molecule has 0 atom stereocenters. The first-order chi connectivity index (χ1) is 16.4.